The van der Waals surface area contributed by atoms with Gasteiger partial charge in [-0.25, -0.2) is 0 Å². The van der Waals surface area contributed by atoms with Crippen molar-refractivity contribution >= 4 is 5.69 Å². The molecule has 1 fully saturated rings. The molecule has 1 saturated carbocycles. The second kappa shape index (κ2) is 4.40. The maximum atomic E-state index is 10.7. The molecule has 0 radical (unpaired) electrons. The van der Waals surface area contributed by atoms with Gasteiger partial charge in [0.2, 0.25) is 0 Å². The minimum atomic E-state index is -0.362. The maximum absolute atomic E-state index is 10.7. The quantitative estimate of drug-likeness (QED) is 0.563. The highest BCUT2D eigenvalue weighted by molar-refractivity contribution is 5.39. The van der Waals surface area contributed by atoms with Crippen LogP contribution in [0.3, 0.4) is 0 Å². The highest BCUT2D eigenvalue weighted by atomic mass is 16.6. The second-order valence-electron chi connectivity index (χ2n) is 3.75. The molecule has 2 rings (SSSR count). The summed E-state index contributed by atoms with van der Waals surface area (Å²) in [5, 5.41) is 10.7. The minimum absolute atomic E-state index is 0.150. The summed E-state index contributed by atoms with van der Waals surface area (Å²) >= 11 is 0. The number of nitro benzene ring substituents is 1. The molecule has 1 aromatic rings. The van der Waals surface area contributed by atoms with Crippen LogP contribution in [0.1, 0.15) is 24.8 Å². The summed E-state index contributed by atoms with van der Waals surface area (Å²) in [7, 11) is 0. The normalized spacial score (nSPS) is 16.0. The van der Waals surface area contributed by atoms with Crippen molar-refractivity contribution in [3.63, 3.8) is 0 Å². The van der Waals surface area contributed by atoms with Crippen LogP contribution in [0.15, 0.2) is 24.3 Å². The first-order valence-electron chi connectivity index (χ1n) is 5.11. The fourth-order valence-corrected chi connectivity index (χ4v) is 1.56. The molecule has 0 aliphatic heterocycles. The molecule has 80 valence electrons. The molecule has 0 heterocycles. The molecule has 1 aliphatic rings. The van der Waals surface area contributed by atoms with Gasteiger partial charge in [0.1, 0.15) is 0 Å². The van der Waals surface area contributed by atoms with E-state index in [2.05, 4.69) is 0 Å². The topological polar surface area (TPSA) is 52.4 Å². The van der Waals surface area contributed by atoms with E-state index in [0.29, 0.717) is 18.3 Å². The molecular weight excluding hydrogens is 194 g/mol. The summed E-state index contributed by atoms with van der Waals surface area (Å²) in [5.74, 6) is 0. The first-order valence-corrected chi connectivity index (χ1v) is 5.11. The molecular formula is C11H13NO3. The van der Waals surface area contributed by atoms with Gasteiger partial charge < -0.3 is 4.74 Å². The van der Waals surface area contributed by atoms with Gasteiger partial charge in [-0.1, -0.05) is 12.1 Å². The van der Waals surface area contributed by atoms with Crippen LogP contribution in [0, 0.1) is 10.1 Å². The molecule has 0 spiro atoms. The molecule has 4 heteroatoms. The van der Waals surface area contributed by atoms with Crippen LogP contribution in [0.2, 0.25) is 0 Å². The Balaban J connectivity index is 2.02. The summed E-state index contributed by atoms with van der Waals surface area (Å²) in [6, 6.07) is 6.73. The first-order chi connectivity index (χ1) is 7.27. The number of ether oxygens (including phenoxy) is 1. The third-order valence-electron chi connectivity index (χ3n) is 2.72. The molecule has 0 bridgehead atoms. The Morgan fingerprint density at radius 2 is 2.13 bits per heavy atom. The van der Waals surface area contributed by atoms with Crippen molar-refractivity contribution in [1.82, 2.24) is 0 Å². The zero-order valence-electron chi connectivity index (χ0n) is 8.39. The summed E-state index contributed by atoms with van der Waals surface area (Å²) in [4.78, 5) is 10.3. The summed E-state index contributed by atoms with van der Waals surface area (Å²) < 4.78 is 5.55. The standard InChI is InChI=1S/C11H13NO3/c13-12(14)11-7-2-1-4-9(11)8-15-10-5-3-6-10/h1-2,4,7,10H,3,5-6,8H2. The molecule has 1 aromatic carbocycles. The van der Waals surface area contributed by atoms with E-state index in [9.17, 15) is 10.1 Å². The van der Waals surface area contributed by atoms with Gasteiger partial charge in [0.15, 0.2) is 0 Å². The smallest absolute Gasteiger partial charge is 0.274 e. The van der Waals surface area contributed by atoms with Crippen LogP contribution in [0.5, 0.6) is 0 Å². The third-order valence-corrected chi connectivity index (χ3v) is 2.72. The lowest BCUT2D eigenvalue weighted by atomic mass is 9.96. The van der Waals surface area contributed by atoms with E-state index in [1.165, 1.54) is 12.5 Å². The summed E-state index contributed by atoms with van der Waals surface area (Å²) in [6.45, 7) is 0.349. The molecule has 15 heavy (non-hydrogen) atoms. The van der Waals surface area contributed by atoms with Crippen LogP contribution in [-0.2, 0) is 11.3 Å². The van der Waals surface area contributed by atoms with Crippen molar-refractivity contribution < 1.29 is 9.66 Å². The molecule has 4 nitrogen and oxygen atoms in total. The van der Waals surface area contributed by atoms with Crippen molar-refractivity contribution in [3.8, 4) is 0 Å². The van der Waals surface area contributed by atoms with Gasteiger partial charge in [-0.2, -0.15) is 0 Å². The largest absolute Gasteiger partial charge is 0.373 e. The number of para-hydroxylation sites is 1. The third kappa shape index (κ3) is 2.33. The van der Waals surface area contributed by atoms with Crippen LogP contribution in [0.25, 0.3) is 0 Å². The maximum Gasteiger partial charge on any atom is 0.274 e. The monoisotopic (exact) mass is 207 g/mol. The predicted octanol–water partition coefficient (Wildman–Crippen LogP) is 2.66. The van der Waals surface area contributed by atoms with Crippen molar-refractivity contribution in [2.75, 3.05) is 0 Å². The van der Waals surface area contributed by atoms with Crippen molar-refractivity contribution in [2.45, 2.75) is 32.0 Å². The molecule has 0 aromatic heterocycles. The van der Waals surface area contributed by atoms with Crippen molar-refractivity contribution in [2.24, 2.45) is 0 Å². The fraction of sp³-hybridized carbons (Fsp3) is 0.455. The lowest BCUT2D eigenvalue weighted by Crippen LogP contribution is -2.21. The number of hydrogen-bond acceptors (Lipinski definition) is 3. The van der Waals surface area contributed by atoms with Crippen LogP contribution in [0.4, 0.5) is 5.69 Å². The zero-order chi connectivity index (χ0) is 10.7. The molecule has 0 atom stereocenters. The average molecular weight is 207 g/mol. The van der Waals surface area contributed by atoms with Gasteiger partial charge in [-0.15, -0.1) is 0 Å². The molecule has 1 aliphatic carbocycles. The van der Waals surface area contributed by atoms with Crippen molar-refractivity contribution in [1.29, 1.82) is 0 Å². The molecule has 0 saturated heterocycles. The van der Waals surface area contributed by atoms with E-state index in [0.717, 1.165) is 12.8 Å². The predicted molar refractivity (Wildman–Crippen MR) is 55.5 cm³/mol. The van der Waals surface area contributed by atoms with Gasteiger partial charge in [0.25, 0.3) is 5.69 Å². The van der Waals surface area contributed by atoms with Gasteiger partial charge in [-0.05, 0) is 25.3 Å². The van der Waals surface area contributed by atoms with Crippen LogP contribution in [-0.4, -0.2) is 11.0 Å². The Labute approximate surface area is 88.0 Å². The number of benzene rings is 1. The van der Waals surface area contributed by atoms with Gasteiger partial charge in [-0.3, -0.25) is 10.1 Å². The molecule has 0 amide bonds. The summed E-state index contributed by atoms with van der Waals surface area (Å²) in [6.07, 6.45) is 3.69. The van der Waals surface area contributed by atoms with Gasteiger partial charge in [0, 0.05) is 6.07 Å². The Kier molecular flexibility index (Phi) is 2.97. The van der Waals surface area contributed by atoms with E-state index in [1.54, 1.807) is 18.2 Å². The lowest BCUT2D eigenvalue weighted by molar-refractivity contribution is -0.386. The van der Waals surface area contributed by atoms with E-state index >= 15 is 0 Å². The number of nitro groups is 1. The second-order valence-corrected chi connectivity index (χ2v) is 3.75. The van der Waals surface area contributed by atoms with E-state index in [4.69, 9.17) is 4.74 Å². The highest BCUT2D eigenvalue weighted by Crippen LogP contribution is 2.25. The summed E-state index contributed by atoms with van der Waals surface area (Å²) in [5.41, 5.74) is 0.811. The zero-order valence-corrected chi connectivity index (χ0v) is 8.39. The van der Waals surface area contributed by atoms with E-state index in [-0.39, 0.29) is 10.6 Å². The Morgan fingerprint density at radius 3 is 2.73 bits per heavy atom. The Bertz CT molecular complexity index is 361. The molecule has 0 unspecified atom stereocenters. The molecule has 0 N–H and O–H groups in total. The average Bonchev–Trinajstić information content (AvgIpc) is 2.16. The van der Waals surface area contributed by atoms with E-state index in [1.807, 2.05) is 0 Å². The minimum Gasteiger partial charge on any atom is -0.373 e. The number of hydrogen-bond donors (Lipinski definition) is 0. The number of nitrogens with zero attached hydrogens (tertiary/aromatic N) is 1. The SMILES string of the molecule is O=[N+]([O-])c1ccccc1COC1CCC1. The van der Waals surface area contributed by atoms with Gasteiger partial charge >= 0.3 is 0 Å². The lowest BCUT2D eigenvalue weighted by Gasteiger charge is -2.25. The van der Waals surface area contributed by atoms with Crippen LogP contribution < -0.4 is 0 Å². The Morgan fingerprint density at radius 1 is 1.40 bits per heavy atom. The number of rotatable bonds is 4. The Hall–Kier alpha value is -1.42. The fourth-order valence-electron chi connectivity index (χ4n) is 1.56. The van der Waals surface area contributed by atoms with Crippen molar-refractivity contribution in [3.05, 3.63) is 39.9 Å². The van der Waals surface area contributed by atoms with Crippen LogP contribution >= 0.6 is 0 Å². The van der Waals surface area contributed by atoms with E-state index < -0.39 is 0 Å². The highest BCUT2D eigenvalue weighted by Gasteiger charge is 2.19. The first kappa shape index (κ1) is 10.1. The van der Waals surface area contributed by atoms with Gasteiger partial charge in [0.05, 0.1) is 23.2 Å².